The van der Waals surface area contributed by atoms with Gasteiger partial charge in [0.15, 0.2) is 0 Å². The van der Waals surface area contributed by atoms with Crippen molar-refractivity contribution in [1.29, 1.82) is 0 Å². The summed E-state index contributed by atoms with van der Waals surface area (Å²) in [5.74, 6) is -0.285. The fourth-order valence-corrected chi connectivity index (χ4v) is 5.28. The topological polar surface area (TPSA) is 83.5 Å². The van der Waals surface area contributed by atoms with Crippen molar-refractivity contribution < 1.29 is 9.50 Å². The Morgan fingerprint density at radius 2 is 1.79 bits per heavy atom. The van der Waals surface area contributed by atoms with Crippen LogP contribution in [0.15, 0.2) is 73.2 Å². The standard InChI is InChI=1S/C27H19FN6OS.2ClH/c1-29-11-10-23(35)27-32-21-8-4-17(12-24(21)36-27)22-14-30-25-9-5-18(15-34(22)25)20-13-31-33-26(20)16-2-6-19(28)7-3-16;;/h2-9,12-15,23,35H,10-11H2,(H,31,33);2*1H/t23-;;/m0../s1. The van der Waals surface area contributed by atoms with Crippen LogP contribution < -0.4 is 0 Å². The molecule has 11 heteroatoms. The maximum atomic E-state index is 13.4. The van der Waals surface area contributed by atoms with E-state index >= 15 is 0 Å². The first-order valence-electron chi connectivity index (χ1n) is 11.3. The molecule has 4 aromatic heterocycles. The number of thiazole rings is 1. The van der Waals surface area contributed by atoms with Gasteiger partial charge in [-0.05, 0) is 48.5 Å². The van der Waals surface area contributed by atoms with Crippen LogP contribution >= 0.6 is 36.2 Å². The maximum absolute atomic E-state index is 13.4. The average molecular weight is 567 g/mol. The molecular weight excluding hydrogens is 546 g/mol. The van der Waals surface area contributed by atoms with E-state index < -0.39 is 6.10 Å². The number of aliphatic hydroxyl groups excluding tert-OH is 1. The fraction of sp³-hybridized carbons (Fsp3) is 0.111. The maximum Gasteiger partial charge on any atom is 0.217 e. The predicted molar refractivity (Wildman–Crippen MR) is 152 cm³/mol. The highest BCUT2D eigenvalue weighted by Crippen LogP contribution is 2.34. The summed E-state index contributed by atoms with van der Waals surface area (Å²) in [7, 11) is 0. The number of pyridine rings is 1. The molecule has 1 atom stereocenters. The van der Waals surface area contributed by atoms with Crippen molar-refractivity contribution in [3.05, 3.63) is 95.4 Å². The third kappa shape index (κ3) is 4.99. The molecule has 0 aliphatic rings. The van der Waals surface area contributed by atoms with Crippen molar-refractivity contribution in [1.82, 2.24) is 24.6 Å². The molecule has 2 N–H and O–H groups in total. The van der Waals surface area contributed by atoms with E-state index in [4.69, 9.17) is 6.57 Å². The van der Waals surface area contributed by atoms with Crippen LogP contribution in [-0.2, 0) is 0 Å². The van der Waals surface area contributed by atoms with Crippen molar-refractivity contribution in [2.45, 2.75) is 12.5 Å². The van der Waals surface area contributed by atoms with Gasteiger partial charge in [0.25, 0.3) is 0 Å². The second-order valence-corrected chi connectivity index (χ2v) is 9.44. The zero-order chi connectivity index (χ0) is 24.6. The van der Waals surface area contributed by atoms with E-state index in [0.29, 0.717) is 11.4 Å². The zero-order valence-corrected chi connectivity index (χ0v) is 22.2. The van der Waals surface area contributed by atoms with E-state index in [0.717, 1.165) is 49.5 Å². The summed E-state index contributed by atoms with van der Waals surface area (Å²) in [6, 6.07) is 16.3. The van der Waals surface area contributed by atoms with E-state index in [-0.39, 0.29) is 37.2 Å². The van der Waals surface area contributed by atoms with Crippen molar-refractivity contribution in [2.75, 3.05) is 6.54 Å². The molecule has 0 saturated carbocycles. The molecule has 6 aromatic rings. The summed E-state index contributed by atoms with van der Waals surface area (Å²) >= 11 is 1.44. The van der Waals surface area contributed by atoms with Gasteiger partial charge in [0.2, 0.25) is 6.54 Å². The summed E-state index contributed by atoms with van der Waals surface area (Å²) in [6.45, 7) is 7.20. The Hall–Kier alpha value is -3.81. The monoisotopic (exact) mass is 566 g/mol. The van der Waals surface area contributed by atoms with Crippen LogP contribution in [0, 0.1) is 12.4 Å². The van der Waals surface area contributed by atoms with Crippen LogP contribution in [0.4, 0.5) is 4.39 Å². The fourth-order valence-electron chi connectivity index (χ4n) is 4.25. The first kappa shape index (κ1) is 27.2. The van der Waals surface area contributed by atoms with Crippen LogP contribution in [-0.4, -0.2) is 36.2 Å². The van der Waals surface area contributed by atoms with Crippen molar-refractivity contribution >= 4 is 52.0 Å². The van der Waals surface area contributed by atoms with E-state index in [9.17, 15) is 9.50 Å². The lowest BCUT2D eigenvalue weighted by Crippen LogP contribution is -1.97. The van der Waals surface area contributed by atoms with Crippen molar-refractivity contribution in [3.63, 3.8) is 0 Å². The number of hydrogen-bond acceptors (Lipinski definition) is 5. The minimum absolute atomic E-state index is 0. The van der Waals surface area contributed by atoms with Crippen molar-refractivity contribution in [2.24, 2.45) is 0 Å². The molecule has 0 saturated heterocycles. The average Bonchev–Trinajstić information content (AvgIpc) is 3.64. The third-order valence-electron chi connectivity index (χ3n) is 6.09. The molecule has 0 bridgehead atoms. The second kappa shape index (κ2) is 11.3. The van der Waals surface area contributed by atoms with Gasteiger partial charge < -0.3 is 9.95 Å². The van der Waals surface area contributed by atoms with Gasteiger partial charge in [0, 0.05) is 28.5 Å². The number of H-pyrrole nitrogens is 1. The Kier molecular flexibility index (Phi) is 8.09. The number of hydrogen-bond donors (Lipinski definition) is 2. The predicted octanol–water partition coefficient (Wildman–Crippen LogP) is 6.99. The van der Waals surface area contributed by atoms with E-state index in [1.807, 2.05) is 41.1 Å². The summed E-state index contributed by atoms with van der Waals surface area (Å²) in [5.41, 5.74) is 7.02. The SMILES string of the molecule is Cl.Cl.[C-]#[N+]CC[C@H](O)c1nc2ccc(-c3cnc4ccc(-c5cn[nH]c5-c5ccc(F)cc5)cn34)cc2s1. The quantitative estimate of drug-likeness (QED) is 0.213. The molecule has 192 valence electrons. The van der Waals surface area contributed by atoms with Crippen LogP contribution in [0.2, 0.25) is 0 Å². The van der Waals surface area contributed by atoms with Crippen LogP contribution in [0.1, 0.15) is 17.5 Å². The molecular formula is C27H21Cl2FN6OS. The van der Waals surface area contributed by atoms with Gasteiger partial charge >= 0.3 is 0 Å². The normalized spacial score (nSPS) is 11.6. The van der Waals surface area contributed by atoms with Crippen LogP contribution in [0.3, 0.4) is 0 Å². The van der Waals surface area contributed by atoms with Gasteiger partial charge in [0.05, 0.1) is 40.4 Å². The molecule has 0 amide bonds. The summed E-state index contributed by atoms with van der Waals surface area (Å²) in [6.07, 6.45) is 5.26. The Morgan fingerprint density at radius 3 is 2.58 bits per heavy atom. The van der Waals surface area contributed by atoms with Gasteiger partial charge in [0.1, 0.15) is 22.6 Å². The molecule has 6 rings (SSSR count). The minimum Gasteiger partial charge on any atom is -0.386 e. The molecule has 0 radical (unpaired) electrons. The second-order valence-electron chi connectivity index (χ2n) is 8.38. The smallest absolute Gasteiger partial charge is 0.217 e. The molecule has 0 fully saturated rings. The van der Waals surface area contributed by atoms with Gasteiger partial charge in [-0.2, -0.15) is 5.10 Å². The van der Waals surface area contributed by atoms with E-state index in [1.54, 1.807) is 18.3 Å². The molecule has 0 spiro atoms. The summed E-state index contributed by atoms with van der Waals surface area (Å²) in [4.78, 5) is 12.4. The van der Waals surface area contributed by atoms with Crippen molar-refractivity contribution in [3.8, 4) is 33.6 Å². The van der Waals surface area contributed by atoms with Crippen LogP contribution in [0.5, 0.6) is 0 Å². The number of halogens is 3. The highest BCUT2D eigenvalue weighted by Gasteiger charge is 2.16. The minimum atomic E-state index is -0.733. The molecule has 2 aromatic carbocycles. The summed E-state index contributed by atoms with van der Waals surface area (Å²) in [5, 5.41) is 18.2. The number of nitrogens with zero attached hydrogens (tertiary/aromatic N) is 5. The molecule has 4 heterocycles. The molecule has 0 aliphatic heterocycles. The lowest BCUT2D eigenvalue weighted by Gasteiger charge is -2.07. The van der Waals surface area contributed by atoms with Gasteiger partial charge in [-0.3, -0.25) is 9.50 Å². The first-order valence-corrected chi connectivity index (χ1v) is 12.1. The molecule has 0 unspecified atom stereocenters. The number of aromatic amines is 1. The Morgan fingerprint density at radius 1 is 1.03 bits per heavy atom. The highest BCUT2D eigenvalue weighted by molar-refractivity contribution is 7.18. The number of imidazole rings is 1. The Bertz CT molecular complexity index is 1760. The third-order valence-corrected chi connectivity index (χ3v) is 7.21. The number of rotatable bonds is 6. The van der Waals surface area contributed by atoms with Gasteiger partial charge in [-0.1, -0.05) is 6.07 Å². The number of fused-ring (bicyclic) bond motifs is 2. The van der Waals surface area contributed by atoms with Gasteiger partial charge in [-0.25, -0.2) is 20.9 Å². The lowest BCUT2D eigenvalue weighted by atomic mass is 10.0. The van der Waals surface area contributed by atoms with E-state index in [1.165, 1.54) is 23.5 Å². The zero-order valence-electron chi connectivity index (χ0n) is 19.7. The Labute approximate surface area is 233 Å². The number of benzene rings is 2. The first-order chi connectivity index (χ1) is 17.6. The highest BCUT2D eigenvalue weighted by atomic mass is 35.5. The Balaban J connectivity index is 0.00000168. The lowest BCUT2D eigenvalue weighted by molar-refractivity contribution is 0.172. The number of aromatic nitrogens is 5. The molecule has 7 nitrogen and oxygen atoms in total. The summed E-state index contributed by atoms with van der Waals surface area (Å²) < 4.78 is 16.4. The number of aliphatic hydroxyl groups is 1. The number of nitrogens with one attached hydrogen (secondary N) is 1. The van der Waals surface area contributed by atoms with E-state index in [2.05, 4.69) is 31.1 Å². The van der Waals surface area contributed by atoms with Gasteiger partial charge in [-0.15, -0.1) is 36.2 Å². The molecule has 38 heavy (non-hydrogen) atoms. The largest absolute Gasteiger partial charge is 0.386 e. The van der Waals surface area contributed by atoms with Crippen LogP contribution in [0.25, 0.3) is 54.4 Å². The molecule has 0 aliphatic carbocycles.